The van der Waals surface area contributed by atoms with E-state index < -0.39 is 0 Å². The first kappa shape index (κ1) is 19.4. The highest BCUT2D eigenvalue weighted by molar-refractivity contribution is 9.11. The number of nitrogens with zero attached hydrogens (tertiary/aromatic N) is 6. The van der Waals surface area contributed by atoms with Crippen LogP contribution in [-0.4, -0.2) is 52.5 Å². The van der Waals surface area contributed by atoms with Gasteiger partial charge in [0, 0.05) is 26.2 Å². The first-order valence-corrected chi connectivity index (χ1v) is 10.9. The maximum absolute atomic E-state index is 9.81. The minimum atomic E-state index is 0.160. The van der Waals surface area contributed by atoms with Crippen molar-refractivity contribution < 1.29 is 5.11 Å². The maximum atomic E-state index is 9.81. The summed E-state index contributed by atoms with van der Waals surface area (Å²) in [6.07, 6.45) is 6.31. The van der Waals surface area contributed by atoms with Crippen molar-refractivity contribution in [1.29, 1.82) is 0 Å². The molecule has 2 N–H and O–H groups in total. The number of benzene rings is 1. The van der Waals surface area contributed by atoms with Gasteiger partial charge in [-0.1, -0.05) is 0 Å². The van der Waals surface area contributed by atoms with Gasteiger partial charge in [0.15, 0.2) is 0 Å². The quantitative estimate of drug-likeness (QED) is 0.467. The van der Waals surface area contributed by atoms with Crippen LogP contribution >= 0.6 is 31.9 Å². The normalized spacial score (nSPS) is 17.1. The van der Waals surface area contributed by atoms with Crippen LogP contribution in [-0.2, 0) is 0 Å². The second-order valence-corrected chi connectivity index (χ2v) is 8.56. The van der Waals surface area contributed by atoms with Crippen molar-refractivity contribution in [3.8, 4) is 5.75 Å². The van der Waals surface area contributed by atoms with E-state index in [0.717, 1.165) is 57.4 Å². The first-order valence-electron chi connectivity index (χ1n) is 9.33. The van der Waals surface area contributed by atoms with Crippen LogP contribution in [0.4, 0.5) is 17.8 Å². The van der Waals surface area contributed by atoms with Crippen LogP contribution in [0, 0.1) is 0 Å². The molecule has 1 aromatic carbocycles. The Bertz CT molecular complexity index is 823. The number of halogens is 2. The molecule has 2 saturated heterocycles. The van der Waals surface area contributed by atoms with Crippen molar-refractivity contribution >= 4 is 55.9 Å². The number of aromatic nitrogens is 3. The highest BCUT2D eigenvalue weighted by Gasteiger charge is 2.21. The van der Waals surface area contributed by atoms with Gasteiger partial charge in [-0.25, -0.2) is 5.43 Å². The molecule has 2 fully saturated rings. The molecule has 2 aliphatic rings. The Hall–Kier alpha value is -1.94. The number of phenolic OH excluding ortho intramolecular Hbond substituents is 1. The van der Waals surface area contributed by atoms with Gasteiger partial charge in [-0.2, -0.15) is 20.1 Å². The third-order valence-corrected chi connectivity index (χ3v) is 6.02. The SMILES string of the molecule is Oc1c(Br)cc(/C=N\Nc2nc(N3CCCC3)nc(N3CCCC3)n2)cc1Br. The molecule has 1 aromatic heterocycles. The molecule has 28 heavy (non-hydrogen) atoms. The van der Waals surface area contributed by atoms with E-state index >= 15 is 0 Å². The molecular formula is C18H21Br2N7O. The molecule has 0 amide bonds. The summed E-state index contributed by atoms with van der Waals surface area (Å²) in [5.74, 6) is 2.02. The summed E-state index contributed by atoms with van der Waals surface area (Å²) >= 11 is 6.64. The number of aromatic hydroxyl groups is 1. The third-order valence-electron chi connectivity index (χ3n) is 4.81. The van der Waals surface area contributed by atoms with Crippen LogP contribution in [0.2, 0.25) is 0 Å². The second kappa shape index (κ2) is 8.60. The van der Waals surface area contributed by atoms with Gasteiger partial charge in [0.2, 0.25) is 17.8 Å². The molecule has 10 heteroatoms. The number of hydrogen-bond donors (Lipinski definition) is 2. The molecule has 0 radical (unpaired) electrons. The van der Waals surface area contributed by atoms with Crippen molar-refractivity contribution in [2.45, 2.75) is 25.7 Å². The smallest absolute Gasteiger partial charge is 0.250 e. The molecule has 2 aliphatic heterocycles. The molecule has 0 bridgehead atoms. The van der Waals surface area contributed by atoms with Crippen molar-refractivity contribution in [3.63, 3.8) is 0 Å². The van der Waals surface area contributed by atoms with Gasteiger partial charge in [0.05, 0.1) is 15.2 Å². The second-order valence-electron chi connectivity index (χ2n) is 6.85. The lowest BCUT2D eigenvalue weighted by atomic mass is 10.2. The lowest BCUT2D eigenvalue weighted by Gasteiger charge is -2.20. The van der Waals surface area contributed by atoms with E-state index in [4.69, 9.17) is 4.98 Å². The minimum Gasteiger partial charge on any atom is -0.506 e. The zero-order valence-electron chi connectivity index (χ0n) is 15.3. The van der Waals surface area contributed by atoms with Crippen LogP contribution in [0.15, 0.2) is 26.2 Å². The van der Waals surface area contributed by atoms with E-state index in [1.165, 1.54) is 0 Å². The van der Waals surface area contributed by atoms with E-state index in [9.17, 15) is 5.11 Å². The van der Waals surface area contributed by atoms with E-state index in [1.54, 1.807) is 18.3 Å². The van der Waals surface area contributed by atoms with Crippen molar-refractivity contribution in [3.05, 3.63) is 26.6 Å². The maximum Gasteiger partial charge on any atom is 0.250 e. The van der Waals surface area contributed by atoms with E-state index in [-0.39, 0.29) is 5.75 Å². The topological polar surface area (TPSA) is 89.8 Å². The summed E-state index contributed by atoms with van der Waals surface area (Å²) in [6, 6.07) is 3.56. The van der Waals surface area contributed by atoms with Gasteiger partial charge >= 0.3 is 0 Å². The number of rotatable bonds is 5. The fourth-order valence-corrected chi connectivity index (χ4v) is 4.57. The molecule has 0 saturated carbocycles. The van der Waals surface area contributed by atoms with Gasteiger partial charge < -0.3 is 14.9 Å². The average molecular weight is 511 g/mol. The Morgan fingerprint density at radius 3 is 1.89 bits per heavy atom. The highest BCUT2D eigenvalue weighted by Crippen LogP contribution is 2.32. The van der Waals surface area contributed by atoms with Gasteiger partial charge in [-0.3, -0.25) is 0 Å². The number of nitrogens with one attached hydrogen (secondary N) is 1. The van der Waals surface area contributed by atoms with E-state index in [2.05, 4.69) is 62.2 Å². The summed E-state index contributed by atoms with van der Waals surface area (Å²) in [5.41, 5.74) is 3.75. The predicted octanol–water partition coefficient (Wildman–Crippen LogP) is 3.75. The van der Waals surface area contributed by atoms with Gasteiger partial charge in [0.25, 0.3) is 0 Å². The van der Waals surface area contributed by atoms with E-state index in [1.807, 2.05) is 0 Å². The zero-order valence-corrected chi connectivity index (χ0v) is 18.4. The Balaban J connectivity index is 1.55. The molecule has 0 unspecified atom stereocenters. The highest BCUT2D eigenvalue weighted by atomic mass is 79.9. The van der Waals surface area contributed by atoms with Crippen molar-refractivity contribution in [1.82, 2.24) is 15.0 Å². The van der Waals surface area contributed by atoms with Crippen LogP contribution in [0.25, 0.3) is 0 Å². The molecule has 4 rings (SSSR count). The predicted molar refractivity (Wildman–Crippen MR) is 117 cm³/mol. The molecule has 0 aliphatic carbocycles. The van der Waals surface area contributed by atoms with Crippen molar-refractivity contribution in [2.24, 2.45) is 5.10 Å². The fourth-order valence-electron chi connectivity index (χ4n) is 3.35. The monoisotopic (exact) mass is 509 g/mol. The Morgan fingerprint density at radius 1 is 0.893 bits per heavy atom. The lowest BCUT2D eigenvalue weighted by Crippen LogP contribution is -2.25. The fraction of sp³-hybridized carbons (Fsp3) is 0.444. The summed E-state index contributed by atoms with van der Waals surface area (Å²) < 4.78 is 1.19. The lowest BCUT2D eigenvalue weighted by molar-refractivity contribution is 0.468. The minimum absolute atomic E-state index is 0.160. The van der Waals surface area contributed by atoms with Gasteiger partial charge in [0.1, 0.15) is 5.75 Å². The molecule has 0 atom stereocenters. The van der Waals surface area contributed by atoms with Crippen molar-refractivity contribution in [2.75, 3.05) is 41.4 Å². The van der Waals surface area contributed by atoms with Crippen LogP contribution in [0.1, 0.15) is 31.2 Å². The van der Waals surface area contributed by atoms with E-state index in [0.29, 0.717) is 26.8 Å². The number of anilines is 3. The summed E-state index contributed by atoms with van der Waals surface area (Å²) in [7, 11) is 0. The number of phenols is 1. The van der Waals surface area contributed by atoms with Crippen LogP contribution in [0.3, 0.4) is 0 Å². The Kier molecular flexibility index (Phi) is 5.96. The molecule has 3 heterocycles. The molecular weight excluding hydrogens is 490 g/mol. The largest absolute Gasteiger partial charge is 0.506 e. The third kappa shape index (κ3) is 4.38. The van der Waals surface area contributed by atoms with Gasteiger partial charge in [-0.15, -0.1) is 0 Å². The zero-order chi connectivity index (χ0) is 19.5. The Morgan fingerprint density at radius 2 is 1.39 bits per heavy atom. The number of hydrogen-bond acceptors (Lipinski definition) is 8. The summed E-state index contributed by atoms with van der Waals surface area (Å²) in [5, 5.41) is 14.1. The first-order chi connectivity index (χ1) is 13.6. The molecule has 0 spiro atoms. The molecule has 148 valence electrons. The molecule has 8 nitrogen and oxygen atoms in total. The summed E-state index contributed by atoms with van der Waals surface area (Å²) in [6.45, 7) is 3.90. The van der Waals surface area contributed by atoms with Crippen LogP contribution in [0.5, 0.6) is 5.75 Å². The number of hydrazone groups is 1. The molecule has 2 aromatic rings. The Labute approximate surface area is 180 Å². The van der Waals surface area contributed by atoms with Crippen LogP contribution < -0.4 is 15.2 Å². The van der Waals surface area contributed by atoms with Gasteiger partial charge in [-0.05, 0) is 75.2 Å². The summed E-state index contributed by atoms with van der Waals surface area (Å²) in [4.78, 5) is 18.2. The average Bonchev–Trinajstić information content (AvgIpc) is 3.39. The standard InChI is InChI=1S/C18H21Br2N7O/c19-13-9-12(10-14(20)15(13)28)11-21-25-16-22-17(26-5-1-2-6-26)24-18(23-16)27-7-3-4-8-27/h9-11,28H,1-8H2,(H,22,23,24,25)/b21-11-.